The van der Waals surface area contributed by atoms with Crippen molar-refractivity contribution >= 4 is 17.4 Å². The maximum Gasteiger partial charge on any atom is 0.221 e. The Balaban J connectivity index is 2.81. The topological polar surface area (TPSA) is 47.0 Å². The molecule has 0 aromatic carbocycles. The van der Waals surface area contributed by atoms with Crippen LogP contribution in [0.5, 0.6) is 5.88 Å². The second kappa shape index (κ2) is 4.81. The molecule has 0 bridgehead atoms. The lowest BCUT2D eigenvalue weighted by atomic mass is 10.3. The summed E-state index contributed by atoms with van der Waals surface area (Å²) in [6.45, 7) is 5.92. The smallest absolute Gasteiger partial charge is 0.221 e. The Hall–Kier alpha value is -1.29. The summed E-state index contributed by atoms with van der Waals surface area (Å²) in [6.07, 6.45) is 1.44. The molecular formula is C9H12ClN3O. The van der Waals surface area contributed by atoms with E-state index in [9.17, 15) is 0 Å². The number of methoxy groups -OCH3 is 1. The molecule has 1 aromatic heterocycles. The quantitative estimate of drug-likeness (QED) is 0.831. The van der Waals surface area contributed by atoms with Crippen molar-refractivity contribution < 1.29 is 4.74 Å². The van der Waals surface area contributed by atoms with Gasteiger partial charge in [0.2, 0.25) is 5.88 Å². The second-order valence-corrected chi connectivity index (χ2v) is 3.26. The van der Waals surface area contributed by atoms with Crippen LogP contribution in [0.15, 0.2) is 17.9 Å². The molecule has 14 heavy (non-hydrogen) atoms. The Morgan fingerprint density at radius 1 is 1.64 bits per heavy atom. The first-order valence-electron chi connectivity index (χ1n) is 4.08. The SMILES string of the molecule is C=C(Cl)CNc1ncnc(OC)c1C. The Labute approximate surface area is 88.0 Å². The zero-order valence-corrected chi connectivity index (χ0v) is 8.93. The molecule has 0 aliphatic carbocycles. The molecule has 4 nitrogen and oxygen atoms in total. The minimum atomic E-state index is 0.475. The first kappa shape index (κ1) is 10.8. The van der Waals surface area contributed by atoms with Gasteiger partial charge in [0.1, 0.15) is 12.1 Å². The minimum absolute atomic E-state index is 0.475. The number of aromatic nitrogens is 2. The van der Waals surface area contributed by atoms with Crippen LogP contribution in [-0.4, -0.2) is 23.6 Å². The number of hydrogen-bond donors (Lipinski definition) is 1. The third-order valence-electron chi connectivity index (χ3n) is 1.68. The van der Waals surface area contributed by atoms with Crippen molar-refractivity contribution in [1.82, 2.24) is 9.97 Å². The Morgan fingerprint density at radius 3 is 2.93 bits per heavy atom. The van der Waals surface area contributed by atoms with Crippen LogP contribution in [-0.2, 0) is 0 Å². The summed E-state index contributed by atoms with van der Waals surface area (Å²) in [4.78, 5) is 8.01. The lowest BCUT2D eigenvalue weighted by Gasteiger charge is -2.09. The molecule has 0 saturated carbocycles. The van der Waals surface area contributed by atoms with Gasteiger partial charge in [-0.25, -0.2) is 9.97 Å². The van der Waals surface area contributed by atoms with Crippen LogP contribution in [0, 0.1) is 6.92 Å². The lowest BCUT2D eigenvalue weighted by molar-refractivity contribution is 0.394. The van der Waals surface area contributed by atoms with Gasteiger partial charge in [-0.05, 0) is 6.92 Å². The van der Waals surface area contributed by atoms with E-state index >= 15 is 0 Å². The fourth-order valence-corrected chi connectivity index (χ4v) is 1.06. The predicted molar refractivity (Wildman–Crippen MR) is 56.8 cm³/mol. The number of nitrogens with zero attached hydrogens (tertiary/aromatic N) is 2. The fraction of sp³-hybridized carbons (Fsp3) is 0.333. The molecule has 0 fully saturated rings. The van der Waals surface area contributed by atoms with Crippen LogP contribution in [0.4, 0.5) is 5.82 Å². The third kappa shape index (κ3) is 2.60. The monoisotopic (exact) mass is 213 g/mol. The van der Waals surface area contributed by atoms with E-state index in [1.807, 2.05) is 6.92 Å². The molecule has 1 aromatic rings. The standard InChI is InChI=1S/C9H12ClN3O/c1-6(10)4-11-8-7(2)9(14-3)13-5-12-8/h5H,1,4H2,2-3H3,(H,11,12,13). The summed E-state index contributed by atoms with van der Waals surface area (Å²) in [5.74, 6) is 1.27. The van der Waals surface area contributed by atoms with Crippen molar-refractivity contribution in [1.29, 1.82) is 0 Å². The van der Waals surface area contributed by atoms with Crippen molar-refractivity contribution in [3.05, 3.63) is 23.5 Å². The number of rotatable bonds is 4. The highest BCUT2D eigenvalue weighted by atomic mass is 35.5. The molecule has 0 aliphatic rings. The van der Waals surface area contributed by atoms with Gasteiger partial charge in [-0.2, -0.15) is 0 Å². The van der Waals surface area contributed by atoms with E-state index in [0.717, 1.165) is 5.56 Å². The third-order valence-corrected chi connectivity index (χ3v) is 1.81. The van der Waals surface area contributed by atoms with Crippen LogP contribution in [0.1, 0.15) is 5.56 Å². The van der Waals surface area contributed by atoms with Crippen LogP contribution in [0.25, 0.3) is 0 Å². The first-order chi connectivity index (χ1) is 6.65. The van der Waals surface area contributed by atoms with Crippen molar-refractivity contribution in [2.24, 2.45) is 0 Å². The molecule has 0 unspecified atom stereocenters. The Morgan fingerprint density at radius 2 is 2.36 bits per heavy atom. The van der Waals surface area contributed by atoms with E-state index in [0.29, 0.717) is 23.3 Å². The van der Waals surface area contributed by atoms with Crippen molar-refractivity contribution in [3.63, 3.8) is 0 Å². The van der Waals surface area contributed by atoms with Gasteiger partial charge in [0.25, 0.3) is 0 Å². The zero-order valence-electron chi connectivity index (χ0n) is 8.17. The van der Waals surface area contributed by atoms with E-state index in [2.05, 4.69) is 21.9 Å². The van der Waals surface area contributed by atoms with Gasteiger partial charge in [-0.1, -0.05) is 18.2 Å². The predicted octanol–water partition coefficient (Wildman–Crippen LogP) is 1.96. The largest absolute Gasteiger partial charge is 0.481 e. The van der Waals surface area contributed by atoms with Crippen LogP contribution < -0.4 is 10.1 Å². The number of anilines is 1. The zero-order chi connectivity index (χ0) is 10.6. The summed E-state index contributed by atoms with van der Waals surface area (Å²) >= 11 is 5.62. The van der Waals surface area contributed by atoms with Crippen LogP contribution in [0.3, 0.4) is 0 Å². The summed E-state index contributed by atoms with van der Waals surface area (Å²) in [5, 5.41) is 3.55. The van der Waals surface area contributed by atoms with Crippen LogP contribution >= 0.6 is 11.6 Å². The van der Waals surface area contributed by atoms with Crippen LogP contribution in [0.2, 0.25) is 0 Å². The molecule has 0 aliphatic heterocycles. The van der Waals surface area contributed by atoms with Crippen molar-refractivity contribution in [2.45, 2.75) is 6.92 Å². The highest BCUT2D eigenvalue weighted by Gasteiger charge is 2.05. The maximum atomic E-state index is 5.62. The highest BCUT2D eigenvalue weighted by molar-refractivity contribution is 6.29. The van der Waals surface area contributed by atoms with E-state index in [-0.39, 0.29) is 0 Å². The van der Waals surface area contributed by atoms with Gasteiger partial charge in [-0.15, -0.1) is 0 Å². The van der Waals surface area contributed by atoms with Gasteiger partial charge in [-0.3, -0.25) is 0 Å². The molecule has 0 amide bonds. The summed E-state index contributed by atoms with van der Waals surface area (Å²) < 4.78 is 5.05. The lowest BCUT2D eigenvalue weighted by Crippen LogP contribution is -2.06. The van der Waals surface area contributed by atoms with E-state index in [1.54, 1.807) is 7.11 Å². The number of hydrogen-bond acceptors (Lipinski definition) is 4. The van der Waals surface area contributed by atoms with Crippen molar-refractivity contribution in [3.8, 4) is 5.88 Å². The summed E-state index contributed by atoms with van der Waals surface area (Å²) in [6, 6.07) is 0. The molecule has 0 saturated heterocycles. The molecule has 0 atom stereocenters. The molecule has 76 valence electrons. The molecule has 1 heterocycles. The average Bonchev–Trinajstić information content (AvgIpc) is 2.16. The molecule has 5 heteroatoms. The minimum Gasteiger partial charge on any atom is -0.481 e. The molecule has 1 rings (SSSR count). The molecular weight excluding hydrogens is 202 g/mol. The Kier molecular flexibility index (Phi) is 3.71. The maximum absolute atomic E-state index is 5.62. The first-order valence-corrected chi connectivity index (χ1v) is 4.45. The molecule has 1 N–H and O–H groups in total. The summed E-state index contributed by atoms with van der Waals surface area (Å²) in [7, 11) is 1.57. The fourth-order valence-electron chi connectivity index (χ4n) is 0.998. The van der Waals surface area contributed by atoms with Gasteiger partial charge in [0.15, 0.2) is 0 Å². The van der Waals surface area contributed by atoms with E-state index in [4.69, 9.17) is 16.3 Å². The Bertz CT molecular complexity index is 341. The van der Waals surface area contributed by atoms with E-state index < -0.39 is 0 Å². The van der Waals surface area contributed by atoms with Gasteiger partial charge < -0.3 is 10.1 Å². The number of nitrogens with one attached hydrogen (secondary N) is 1. The van der Waals surface area contributed by atoms with Gasteiger partial charge >= 0.3 is 0 Å². The molecule has 0 spiro atoms. The highest BCUT2D eigenvalue weighted by Crippen LogP contribution is 2.19. The normalized spacial score (nSPS) is 9.64. The average molecular weight is 214 g/mol. The summed E-state index contributed by atoms with van der Waals surface area (Å²) in [5.41, 5.74) is 0.855. The number of ether oxygens (including phenoxy) is 1. The second-order valence-electron chi connectivity index (χ2n) is 2.73. The van der Waals surface area contributed by atoms with Gasteiger partial charge in [0, 0.05) is 5.03 Å². The molecule has 0 radical (unpaired) electrons. The van der Waals surface area contributed by atoms with Crippen molar-refractivity contribution in [2.75, 3.05) is 19.0 Å². The van der Waals surface area contributed by atoms with E-state index in [1.165, 1.54) is 6.33 Å². The van der Waals surface area contributed by atoms with Gasteiger partial charge in [0.05, 0.1) is 19.2 Å². The number of halogens is 1.